The molecule has 0 aliphatic heterocycles. The first-order chi connectivity index (χ1) is 10.6. The summed E-state index contributed by atoms with van der Waals surface area (Å²) in [6, 6.07) is 0. The Bertz CT molecular complexity index is 678. The van der Waals surface area contributed by atoms with Crippen LogP contribution in [0.5, 0.6) is 0 Å². The highest BCUT2D eigenvalue weighted by molar-refractivity contribution is 9.10. The van der Waals surface area contributed by atoms with Crippen molar-refractivity contribution in [1.29, 1.82) is 0 Å². The standard InChI is InChI=1S/C13H17BrN6O2/c1-3-5-15-12(21)11-9(7-20(4-2)19-11)17-13(22)10-8(14)6-16-18-10/h6-7H,3-5H2,1-2H3,(H,15,21)(H,16,18)(H,17,22). The van der Waals surface area contributed by atoms with Crippen LogP contribution in [-0.4, -0.2) is 38.3 Å². The molecule has 0 saturated heterocycles. The molecule has 0 saturated carbocycles. The highest BCUT2D eigenvalue weighted by Gasteiger charge is 2.20. The second kappa shape index (κ2) is 7.21. The molecule has 0 radical (unpaired) electrons. The van der Waals surface area contributed by atoms with Gasteiger partial charge in [0, 0.05) is 19.3 Å². The minimum atomic E-state index is -0.399. The number of hydrogen-bond acceptors (Lipinski definition) is 4. The SMILES string of the molecule is CCCNC(=O)c1nn(CC)cc1NC(=O)c1[nH]ncc1Br. The van der Waals surface area contributed by atoms with Crippen molar-refractivity contribution in [2.24, 2.45) is 0 Å². The third-order valence-electron chi connectivity index (χ3n) is 2.90. The van der Waals surface area contributed by atoms with E-state index in [1.54, 1.807) is 10.9 Å². The highest BCUT2D eigenvalue weighted by Crippen LogP contribution is 2.18. The Labute approximate surface area is 135 Å². The van der Waals surface area contributed by atoms with Crippen molar-refractivity contribution in [3.05, 3.63) is 28.3 Å². The highest BCUT2D eigenvalue weighted by atomic mass is 79.9. The van der Waals surface area contributed by atoms with Gasteiger partial charge in [-0.1, -0.05) is 6.92 Å². The molecule has 2 aromatic rings. The quantitative estimate of drug-likeness (QED) is 0.722. The number of nitrogens with zero attached hydrogens (tertiary/aromatic N) is 3. The number of aromatic amines is 1. The predicted molar refractivity (Wildman–Crippen MR) is 84.8 cm³/mol. The molecule has 0 aliphatic rings. The number of carbonyl (C=O) groups excluding carboxylic acids is 2. The summed E-state index contributed by atoms with van der Waals surface area (Å²) in [6.07, 6.45) is 3.94. The van der Waals surface area contributed by atoms with Gasteiger partial charge in [-0.25, -0.2) is 0 Å². The van der Waals surface area contributed by atoms with Crippen molar-refractivity contribution in [2.45, 2.75) is 26.8 Å². The van der Waals surface area contributed by atoms with E-state index < -0.39 is 5.91 Å². The second-order valence-corrected chi connectivity index (χ2v) is 5.40. The summed E-state index contributed by atoms with van der Waals surface area (Å²) < 4.78 is 2.14. The molecule has 0 aliphatic carbocycles. The van der Waals surface area contributed by atoms with E-state index in [0.29, 0.717) is 23.2 Å². The van der Waals surface area contributed by atoms with Crippen molar-refractivity contribution in [2.75, 3.05) is 11.9 Å². The van der Waals surface area contributed by atoms with Gasteiger partial charge in [-0.05, 0) is 29.3 Å². The number of aryl methyl sites for hydroxylation is 1. The van der Waals surface area contributed by atoms with E-state index in [4.69, 9.17) is 0 Å². The number of rotatable bonds is 6. The Morgan fingerprint density at radius 2 is 2.14 bits per heavy atom. The van der Waals surface area contributed by atoms with E-state index in [1.807, 2.05) is 13.8 Å². The van der Waals surface area contributed by atoms with Gasteiger partial charge in [-0.15, -0.1) is 0 Å². The van der Waals surface area contributed by atoms with Gasteiger partial charge in [0.05, 0.1) is 16.4 Å². The monoisotopic (exact) mass is 368 g/mol. The van der Waals surface area contributed by atoms with Crippen molar-refractivity contribution in [3.8, 4) is 0 Å². The Balaban J connectivity index is 2.22. The molecule has 0 bridgehead atoms. The smallest absolute Gasteiger partial charge is 0.274 e. The molecule has 9 heteroatoms. The molecule has 2 aromatic heterocycles. The summed E-state index contributed by atoms with van der Waals surface area (Å²) >= 11 is 3.23. The number of nitrogens with one attached hydrogen (secondary N) is 3. The van der Waals surface area contributed by atoms with Crippen LogP contribution in [0.3, 0.4) is 0 Å². The first-order valence-corrected chi connectivity index (χ1v) is 7.72. The van der Waals surface area contributed by atoms with Gasteiger partial charge in [0.25, 0.3) is 11.8 Å². The Morgan fingerprint density at radius 3 is 2.73 bits per heavy atom. The topological polar surface area (TPSA) is 105 Å². The normalized spacial score (nSPS) is 10.5. The van der Waals surface area contributed by atoms with Gasteiger partial charge in [-0.2, -0.15) is 10.2 Å². The van der Waals surface area contributed by atoms with Crippen LogP contribution in [0.15, 0.2) is 16.9 Å². The van der Waals surface area contributed by atoms with Crippen molar-refractivity contribution in [3.63, 3.8) is 0 Å². The Kier molecular flexibility index (Phi) is 5.31. The summed E-state index contributed by atoms with van der Waals surface area (Å²) in [7, 11) is 0. The zero-order chi connectivity index (χ0) is 16.1. The summed E-state index contributed by atoms with van der Waals surface area (Å²) in [6.45, 7) is 5.01. The first kappa shape index (κ1) is 16.2. The fraction of sp³-hybridized carbons (Fsp3) is 0.385. The van der Waals surface area contributed by atoms with Crippen molar-refractivity contribution in [1.82, 2.24) is 25.3 Å². The molecule has 2 heterocycles. The largest absolute Gasteiger partial charge is 0.351 e. The summed E-state index contributed by atoms with van der Waals surface area (Å²) in [5, 5.41) is 16.0. The van der Waals surface area contributed by atoms with Crippen LogP contribution in [0.2, 0.25) is 0 Å². The fourth-order valence-corrected chi connectivity index (χ4v) is 2.15. The minimum absolute atomic E-state index is 0.194. The van der Waals surface area contributed by atoms with Gasteiger partial charge < -0.3 is 10.6 Å². The molecule has 0 unspecified atom stereocenters. The van der Waals surface area contributed by atoms with Gasteiger partial charge in [-0.3, -0.25) is 19.4 Å². The summed E-state index contributed by atoms with van der Waals surface area (Å²) in [4.78, 5) is 24.3. The van der Waals surface area contributed by atoms with Crippen LogP contribution in [0.25, 0.3) is 0 Å². The van der Waals surface area contributed by atoms with Gasteiger partial charge in [0.15, 0.2) is 5.69 Å². The molecule has 2 amide bonds. The van der Waals surface area contributed by atoms with Crippen LogP contribution in [0.1, 0.15) is 41.2 Å². The molecule has 0 fully saturated rings. The number of anilines is 1. The van der Waals surface area contributed by atoms with Crippen LogP contribution >= 0.6 is 15.9 Å². The molecule has 2 rings (SSSR count). The zero-order valence-corrected chi connectivity index (χ0v) is 13.9. The molecule has 0 atom stereocenters. The second-order valence-electron chi connectivity index (χ2n) is 4.55. The third kappa shape index (κ3) is 3.53. The number of carbonyl (C=O) groups is 2. The fourth-order valence-electron chi connectivity index (χ4n) is 1.78. The lowest BCUT2D eigenvalue weighted by molar-refractivity contribution is 0.0948. The molecule has 22 heavy (non-hydrogen) atoms. The number of amides is 2. The summed E-state index contributed by atoms with van der Waals surface area (Å²) in [5.74, 6) is -0.711. The minimum Gasteiger partial charge on any atom is -0.351 e. The number of aromatic nitrogens is 4. The third-order valence-corrected chi connectivity index (χ3v) is 3.51. The lowest BCUT2D eigenvalue weighted by Gasteiger charge is -2.05. The zero-order valence-electron chi connectivity index (χ0n) is 12.3. The van der Waals surface area contributed by atoms with E-state index in [2.05, 4.69) is 41.9 Å². The maximum atomic E-state index is 12.2. The molecular formula is C13H17BrN6O2. The molecule has 118 valence electrons. The average Bonchev–Trinajstić information content (AvgIpc) is 3.10. The van der Waals surface area contributed by atoms with Gasteiger partial charge in [0.2, 0.25) is 0 Å². The molecule has 0 aromatic carbocycles. The van der Waals surface area contributed by atoms with Crippen LogP contribution < -0.4 is 10.6 Å². The summed E-state index contributed by atoms with van der Waals surface area (Å²) in [5.41, 5.74) is 0.838. The van der Waals surface area contributed by atoms with Crippen LogP contribution in [0.4, 0.5) is 5.69 Å². The predicted octanol–water partition coefficient (Wildman–Crippen LogP) is 1.78. The Morgan fingerprint density at radius 1 is 1.36 bits per heavy atom. The maximum Gasteiger partial charge on any atom is 0.274 e. The lowest BCUT2D eigenvalue weighted by atomic mass is 10.3. The number of hydrogen-bond donors (Lipinski definition) is 3. The van der Waals surface area contributed by atoms with E-state index >= 15 is 0 Å². The van der Waals surface area contributed by atoms with E-state index in [1.165, 1.54) is 6.20 Å². The molecule has 8 nitrogen and oxygen atoms in total. The van der Waals surface area contributed by atoms with E-state index in [9.17, 15) is 9.59 Å². The number of halogens is 1. The van der Waals surface area contributed by atoms with E-state index in [0.717, 1.165) is 6.42 Å². The molecule has 3 N–H and O–H groups in total. The number of H-pyrrole nitrogens is 1. The van der Waals surface area contributed by atoms with Gasteiger partial charge >= 0.3 is 0 Å². The molecule has 0 spiro atoms. The average molecular weight is 369 g/mol. The Hall–Kier alpha value is -2.16. The van der Waals surface area contributed by atoms with Crippen molar-refractivity contribution < 1.29 is 9.59 Å². The maximum absolute atomic E-state index is 12.2. The van der Waals surface area contributed by atoms with Crippen LogP contribution in [-0.2, 0) is 6.54 Å². The first-order valence-electron chi connectivity index (χ1n) is 6.92. The van der Waals surface area contributed by atoms with Crippen LogP contribution in [0, 0.1) is 0 Å². The van der Waals surface area contributed by atoms with Gasteiger partial charge in [0.1, 0.15) is 5.69 Å². The lowest BCUT2D eigenvalue weighted by Crippen LogP contribution is -2.26. The van der Waals surface area contributed by atoms with E-state index in [-0.39, 0.29) is 17.3 Å². The molecular weight excluding hydrogens is 352 g/mol. The van der Waals surface area contributed by atoms with Crippen molar-refractivity contribution >= 4 is 33.4 Å².